The van der Waals surface area contributed by atoms with Gasteiger partial charge in [-0.1, -0.05) is 6.08 Å². The fourth-order valence-electron chi connectivity index (χ4n) is 1.000. The lowest BCUT2D eigenvalue weighted by atomic mass is 10.4. The Bertz CT molecular complexity index is 173. The lowest BCUT2D eigenvalue weighted by Gasteiger charge is -2.19. The molecule has 0 fully saturated rings. The molecular formula is C9H16F3NO2. The van der Waals surface area contributed by atoms with Crippen molar-refractivity contribution in [3.63, 3.8) is 0 Å². The highest BCUT2D eigenvalue weighted by Gasteiger charge is 2.27. The molecule has 0 rings (SSSR count). The molecule has 0 heterocycles. The van der Waals surface area contributed by atoms with Crippen LogP contribution in [0, 0.1) is 0 Å². The molecule has 0 saturated heterocycles. The second-order valence-corrected chi connectivity index (χ2v) is 2.98. The van der Waals surface area contributed by atoms with E-state index in [1.807, 2.05) is 0 Å². The van der Waals surface area contributed by atoms with Crippen LogP contribution < -0.4 is 0 Å². The van der Waals surface area contributed by atoms with Crippen LogP contribution in [-0.4, -0.2) is 55.6 Å². The first kappa shape index (κ1) is 14.4. The molecule has 0 aliphatic rings. The van der Waals surface area contributed by atoms with Gasteiger partial charge in [-0.15, -0.1) is 6.58 Å². The number of nitrogens with zero attached hydrogens (tertiary/aromatic N) is 1. The fourth-order valence-corrected chi connectivity index (χ4v) is 1.000. The van der Waals surface area contributed by atoms with E-state index in [0.29, 0.717) is 19.6 Å². The highest BCUT2D eigenvalue weighted by atomic mass is 19.4. The van der Waals surface area contributed by atoms with Crippen LogP contribution in [0.3, 0.4) is 0 Å². The zero-order chi connectivity index (χ0) is 11.7. The highest BCUT2D eigenvalue weighted by Crippen LogP contribution is 2.14. The first-order valence-electron chi connectivity index (χ1n) is 4.58. The summed E-state index contributed by atoms with van der Waals surface area (Å²) >= 11 is 0. The van der Waals surface area contributed by atoms with Gasteiger partial charge in [0.15, 0.2) is 0 Å². The number of ether oxygens (including phenoxy) is 1. The normalized spacial score (nSPS) is 12.1. The van der Waals surface area contributed by atoms with Crippen LogP contribution in [0.15, 0.2) is 12.7 Å². The number of hydrogen-bond acceptors (Lipinski definition) is 3. The van der Waals surface area contributed by atoms with Gasteiger partial charge in [-0.2, -0.15) is 13.2 Å². The third-order valence-electron chi connectivity index (χ3n) is 1.62. The van der Waals surface area contributed by atoms with Crippen molar-refractivity contribution in [2.75, 3.05) is 39.5 Å². The van der Waals surface area contributed by atoms with Crippen LogP contribution in [0.5, 0.6) is 0 Å². The summed E-state index contributed by atoms with van der Waals surface area (Å²) in [5.41, 5.74) is 0. The van der Waals surface area contributed by atoms with Gasteiger partial charge >= 0.3 is 6.18 Å². The third-order valence-corrected chi connectivity index (χ3v) is 1.62. The van der Waals surface area contributed by atoms with Gasteiger partial charge < -0.3 is 9.84 Å². The van der Waals surface area contributed by atoms with E-state index in [9.17, 15) is 13.2 Å². The van der Waals surface area contributed by atoms with Crippen LogP contribution in [0.25, 0.3) is 0 Å². The number of aliphatic hydroxyl groups is 1. The zero-order valence-corrected chi connectivity index (χ0v) is 8.46. The van der Waals surface area contributed by atoms with Gasteiger partial charge in [0.2, 0.25) is 0 Å². The van der Waals surface area contributed by atoms with Crippen LogP contribution in [0.2, 0.25) is 0 Å². The smallest absolute Gasteiger partial charge is 0.395 e. The first-order chi connectivity index (χ1) is 6.99. The van der Waals surface area contributed by atoms with Gasteiger partial charge in [0.05, 0.1) is 13.2 Å². The molecule has 15 heavy (non-hydrogen) atoms. The SMILES string of the molecule is C=CCN(CCO)CCOCC(F)(F)F. The van der Waals surface area contributed by atoms with Crippen molar-refractivity contribution in [2.24, 2.45) is 0 Å². The zero-order valence-electron chi connectivity index (χ0n) is 8.46. The molecule has 0 bridgehead atoms. The number of hydrogen-bond donors (Lipinski definition) is 1. The molecule has 0 saturated carbocycles. The predicted octanol–water partition coefficient (Wildman–Crippen LogP) is 1.05. The van der Waals surface area contributed by atoms with Crippen LogP contribution in [0.4, 0.5) is 13.2 Å². The second-order valence-electron chi connectivity index (χ2n) is 2.98. The molecule has 3 nitrogen and oxygen atoms in total. The molecule has 0 spiro atoms. The Labute approximate surface area is 87.1 Å². The minimum atomic E-state index is -4.28. The Hall–Kier alpha value is -0.590. The maximum absolute atomic E-state index is 11.7. The van der Waals surface area contributed by atoms with E-state index >= 15 is 0 Å². The van der Waals surface area contributed by atoms with Crippen molar-refractivity contribution in [1.29, 1.82) is 0 Å². The van der Waals surface area contributed by atoms with Gasteiger partial charge in [-0.25, -0.2) is 0 Å². The van der Waals surface area contributed by atoms with E-state index in [1.165, 1.54) is 0 Å². The van der Waals surface area contributed by atoms with Crippen molar-refractivity contribution in [3.8, 4) is 0 Å². The fraction of sp³-hybridized carbons (Fsp3) is 0.778. The monoisotopic (exact) mass is 227 g/mol. The van der Waals surface area contributed by atoms with E-state index in [0.717, 1.165) is 0 Å². The summed E-state index contributed by atoms with van der Waals surface area (Å²) in [5.74, 6) is 0. The van der Waals surface area contributed by atoms with Crippen LogP contribution in [-0.2, 0) is 4.74 Å². The largest absolute Gasteiger partial charge is 0.411 e. The van der Waals surface area contributed by atoms with Gasteiger partial charge in [-0.05, 0) is 0 Å². The van der Waals surface area contributed by atoms with Gasteiger partial charge in [-0.3, -0.25) is 4.90 Å². The molecule has 0 aromatic rings. The average molecular weight is 227 g/mol. The van der Waals surface area contributed by atoms with Gasteiger partial charge in [0, 0.05) is 19.6 Å². The first-order valence-corrected chi connectivity index (χ1v) is 4.58. The number of alkyl halides is 3. The van der Waals surface area contributed by atoms with Crippen molar-refractivity contribution in [3.05, 3.63) is 12.7 Å². The van der Waals surface area contributed by atoms with E-state index in [4.69, 9.17) is 5.11 Å². The summed E-state index contributed by atoms with van der Waals surface area (Å²) in [7, 11) is 0. The summed E-state index contributed by atoms with van der Waals surface area (Å²) < 4.78 is 39.5. The Morgan fingerprint density at radius 1 is 1.33 bits per heavy atom. The molecule has 0 unspecified atom stereocenters. The highest BCUT2D eigenvalue weighted by molar-refractivity contribution is 4.73. The minimum absolute atomic E-state index is 0.00660. The summed E-state index contributed by atoms with van der Waals surface area (Å²) in [4.78, 5) is 1.75. The van der Waals surface area contributed by atoms with Gasteiger partial charge in [0.25, 0.3) is 0 Å². The Morgan fingerprint density at radius 2 is 2.00 bits per heavy atom. The molecule has 0 aromatic carbocycles. The third kappa shape index (κ3) is 9.71. The Kier molecular flexibility index (Phi) is 7.37. The minimum Gasteiger partial charge on any atom is -0.395 e. The van der Waals surface area contributed by atoms with Crippen LogP contribution >= 0.6 is 0 Å². The van der Waals surface area contributed by atoms with E-state index in [1.54, 1.807) is 11.0 Å². The summed E-state index contributed by atoms with van der Waals surface area (Å²) in [6.45, 7) is 3.51. The molecule has 0 aromatic heterocycles. The Balaban J connectivity index is 3.57. The summed E-state index contributed by atoms with van der Waals surface area (Å²) in [5, 5.41) is 8.65. The van der Waals surface area contributed by atoms with Crippen molar-refractivity contribution in [2.45, 2.75) is 6.18 Å². The summed E-state index contributed by atoms with van der Waals surface area (Å²) in [6.07, 6.45) is -2.65. The predicted molar refractivity (Wildman–Crippen MR) is 50.6 cm³/mol. The van der Waals surface area contributed by atoms with Crippen LogP contribution in [0.1, 0.15) is 0 Å². The van der Waals surface area contributed by atoms with E-state index < -0.39 is 12.8 Å². The molecule has 0 aliphatic carbocycles. The topological polar surface area (TPSA) is 32.7 Å². The molecule has 0 aliphatic heterocycles. The van der Waals surface area contributed by atoms with E-state index in [2.05, 4.69) is 11.3 Å². The lowest BCUT2D eigenvalue weighted by Crippen LogP contribution is -2.31. The summed E-state index contributed by atoms with van der Waals surface area (Å²) in [6, 6.07) is 0. The molecule has 0 amide bonds. The second kappa shape index (κ2) is 7.67. The maximum atomic E-state index is 11.7. The molecule has 1 N–H and O–H groups in total. The molecule has 6 heteroatoms. The molecule has 0 radical (unpaired) electrons. The maximum Gasteiger partial charge on any atom is 0.411 e. The number of rotatable bonds is 8. The molecule has 90 valence electrons. The Morgan fingerprint density at radius 3 is 2.47 bits per heavy atom. The van der Waals surface area contributed by atoms with Gasteiger partial charge in [0.1, 0.15) is 6.61 Å². The molecule has 0 atom stereocenters. The lowest BCUT2D eigenvalue weighted by molar-refractivity contribution is -0.174. The standard InChI is InChI=1S/C9H16F3NO2/c1-2-3-13(4-6-14)5-7-15-8-9(10,11)12/h2,14H,1,3-8H2. The number of aliphatic hydroxyl groups excluding tert-OH is 1. The quantitative estimate of drug-likeness (QED) is 0.497. The van der Waals surface area contributed by atoms with Crippen molar-refractivity contribution >= 4 is 0 Å². The molecular weight excluding hydrogens is 211 g/mol. The number of halogens is 3. The average Bonchev–Trinajstić information content (AvgIpc) is 2.11. The van der Waals surface area contributed by atoms with Crippen molar-refractivity contribution < 1.29 is 23.0 Å². The van der Waals surface area contributed by atoms with Crippen molar-refractivity contribution in [1.82, 2.24) is 4.90 Å². The van der Waals surface area contributed by atoms with E-state index in [-0.39, 0.29) is 13.2 Å².